The van der Waals surface area contributed by atoms with Crippen molar-refractivity contribution in [3.05, 3.63) is 61.3 Å². The molecule has 0 amide bonds. The fourth-order valence-electron chi connectivity index (χ4n) is 7.05. The quantitative estimate of drug-likeness (QED) is 0.166. The van der Waals surface area contributed by atoms with Gasteiger partial charge in [-0.05, 0) is 130 Å². The Bertz CT molecular complexity index is 912. The van der Waals surface area contributed by atoms with Gasteiger partial charge in [-0.3, -0.25) is 0 Å². The fraction of sp³-hybridized carbons (Fsp3) is 0.800. The normalized spacial score (nSPS) is 21.3. The Balaban J connectivity index is -0.000000565. The maximum absolute atomic E-state index is 4.14. The van der Waals surface area contributed by atoms with Gasteiger partial charge in [0.25, 0.3) is 0 Å². The summed E-state index contributed by atoms with van der Waals surface area (Å²) in [6.45, 7) is 57.3. The fourth-order valence-corrected chi connectivity index (χ4v) is 7.05. The second-order valence-electron chi connectivity index (χ2n) is 19.0. The lowest BCUT2D eigenvalue weighted by Gasteiger charge is -2.39. The second-order valence-corrected chi connectivity index (χ2v) is 19.0. The minimum atomic E-state index is 0.509. The average Bonchev–Trinajstić information content (AvgIpc) is 3.52. The summed E-state index contributed by atoms with van der Waals surface area (Å²) in [5, 5.41) is 0. The molecular weight excluding hydrogens is 601 g/mol. The van der Waals surface area contributed by atoms with E-state index in [1.807, 2.05) is 27.7 Å². The Kier molecular flexibility index (Phi) is 29.0. The van der Waals surface area contributed by atoms with Crippen molar-refractivity contribution >= 4 is 0 Å². The van der Waals surface area contributed by atoms with Gasteiger partial charge in [0.15, 0.2) is 0 Å². The third-order valence-electron chi connectivity index (χ3n) is 12.3. The lowest BCUT2D eigenvalue weighted by molar-refractivity contribution is 0.153. The van der Waals surface area contributed by atoms with E-state index in [9.17, 15) is 0 Å². The summed E-state index contributed by atoms with van der Waals surface area (Å²) in [5.74, 6) is 4.97. The summed E-state index contributed by atoms with van der Waals surface area (Å²) in [7, 11) is 0. The van der Waals surface area contributed by atoms with Crippen LogP contribution in [0.25, 0.3) is 0 Å². The molecule has 0 N–H and O–H groups in total. The molecular formula is C50H96. The molecule has 3 aliphatic rings. The van der Waals surface area contributed by atoms with E-state index in [0.29, 0.717) is 28.1 Å². The summed E-state index contributed by atoms with van der Waals surface area (Å²) in [6.07, 6.45) is 21.6. The third-order valence-corrected chi connectivity index (χ3v) is 12.3. The predicted octanol–water partition coefficient (Wildman–Crippen LogP) is 17.8. The standard InChI is InChI=1S/C13H22.C12H22.C11H20.C8H18.C4H8.C2H6/c1-5-13(11(4)10(2)3)9-12-7-6-8-12;1-10(2)11(3)12(4)8-6-5-7-9-12;1-5-9-6-7-10(8-9)11(2,3)4;1-6-7(2)8(3,4)5;1-4(2)3;1-2/h12-13H,2,4-9H2,1,3H3;11H,1,5-9H2,2-4H3;5,9-10H,1,6-8H2,2-4H3;7H,6H2,1-5H3;1H2,2-3H3;1-2H3. The molecule has 0 nitrogen and oxygen atoms in total. The van der Waals surface area contributed by atoms with Crippen LogP contribution in [-0.2, 0) is 0 Å². The molecule has 0 bridgehead atoms. The molecule has 0 radical (unpaired) electrons. The molecule has 5 unspecified atom stereocenters. The van der Waals surface area contributed by atoms with Gasteiger partial charge in [0.2, 0.25) is 0 Å². The largest absolute Gasteiger partial charge is 0.103 e. The molecule has 0 aromatic carbocycles. The monoisotopic (exact) mass is 697 g/mol. The molecule has 0 aliphatic heterocycles. The van der Waals surface area contributed by atoms with E-state index < -0.39 is 0 Å². The Morgan fingerprint density at radius 1 is 0.760 bits per heavy atom. The highest BCUT2D eigenvalue weighted by Gasteiger charge is 2.33. The van der Waals surface area contributed by atoms with Gasteiger partial charge in [-0.1, -0.05) is 177 Å². The molecule has 3 aliphatic carbocycles. The summed E-state index contributed by atoms with van der Waals surface area (Å²) < 4.78 is 0. The van der Waals surface area contributed by atoms with E-state index in [1.54, 1.807) is 0 Å². The summed E-state index contributed by atoms with van der Waals surface area (Å²) in [4.78, 5) is 0. The zero-order valence-electron chi connectivity index (χ0n) is 38.0. The highest BCUT2D eigenvalue weighted by Crippen LogP contribution is 2.44. The number of hydrogen-bond donors (Lipinski definition) is 0. The molecule has 0 heterocycles. The van der Waals surface area contributed by atoms with Crippen LogP contribution in [0.15, 0.2) is 61.3 Å². The van der Waals surface area contributed by atoms with Gasteiger partial charge in [0.1, 0.15) is 0 Å². The summed E-state index contributed by atoms with van der Waals surface area (Å²) >= 11 is 0. The van der Waals surface area contributed by atoms with Gasteiger partial charge < -0.3 is 0 Å². The number of rotatable bonds is 9. The molecule has 50 heavy (non-hydrogen) atoms. The van der Waals surface area contributed by atoms with Gasteiger partial charge in [0, 0.05) is 0 Å². The molecule has 3 rings (SSSR count). The van der Waals surface area contributed by atoms with Crippen LogP contribution < -0.4 is 0 Å². The van der Waals surface area contributed by atoms with E-state index >= 15 is 0 Å². The smallest absolute Gasteiger partial charge is 0.0165 e. The minimum Gasteiger partial charge on any atom is -0.103 e. The third kappa shape index (κ3) is 24.0. The summed E-state index contributed by atoms with van der Waals surface area (Å²) in [6, 6.07) is 0. The van der Waals surface area contributed by atoms with Crippen LogP contribution in [0.1, 0.15) is 208 Å². The first-order valence-corrected chi connectivity index (χ1v) is 21.2. The first kappa shape index (κ1) is 53.1. The van der Waals surface area contributed by atoms with Crippen molar-refractivity contribution < 1.29 is 0 Å². The average molecular weight is 697 g/mol. The van der Waals surface area contributed by atoms with Crippen molar-refractivity contribution in [2.24, 2.45) is 51.8 Å². The van der Waals surface area contributed by atoms with Gasteiger partial charge in [-0.25, -0.2) is 0 Å². The Morgan fingerprint density at radius 3 is 1.48 bits per heavy atom. The molecule has 0 aromatic rings. The van der Waals surface area contributed by atoms with Crippen LogP contribution in [0, 0.1) is 51.8 Å². The van der Waals surface area contributed by atoms with Crippen molar-refractivity contribution in [3.63, 3.8) is 0 Å². The van der Waals surface area contributed by atoms with Crippen LogP contribution in [-0.4, -0.2) is 0 Å². The SMILES string of the molecule is C=C(C)C.C=C(C)C(=C)C(CC)CC1CCC1.C=C(C)C(C)C1(C)CCCCC1.C=CC1CCC(C(C)(C)C)C1.CC.CCC(C)C(C)(C)C. The molecule has 0 heteroatoms. The number of hydrogen-bond acceptors (Lipinski definition) is 0. The van der Waals surface area contributed by atoms with Crippen LogP contribution in [0.2, 0.25) is 0 Å². The zero-order chi connectivity index (χ0) is 39.9. The van der Waals surface area contributed by atoms with Crippen molar-refractivity contribution in [1.82, 2.24) is 0 Å². The number of allylic oxidation sites excluding steroid dienone is 5. The van der Waals surface area contributed by atoms with Gasteiger partial charge in [-0.15, -0.1) is 13.2 Å². The molecule has 296 valence electrons. The second kappa shape index (κ2) is 27.3. The van der Waals surface area contributed by atoms with Crippen LogP contribution in [0.3, 0.4) is 0 Å². The van der Waals surface area contributed by atoms with Crippen LogP contribution >= 0.6 is 0 Å². The molecule has 0 aromatic heterocycles. The highest BCUT2D eigenvalue weighted by molar-refractivity contribution is 5.25. The van der Waals surface area contributed by atoms with E-state index in [1.165, 1.54) is 112 Å². The van der Waals surface area contributed by atoms with Gasteiger partial charge >= 0.3 is 0 Å². The first-order chi connectivity index (χ1) is 23.0. The van der Waals surface area contributed by atoms with E-state index in [-0.39, 0.29) is 0 Å². The Hall–Kier alpha value is -1.30. The van der Waals surface area contributed by atoms with Gasteiger partial charge in [-0.2, -0.15) is 0 Å². The van der Waals surface area contributed by atoms with Crippen molar-refractivity contribution in [1.29, 1.82) is 0 Å². The van der Waals surface area contributed by atoms with Crippen molar-refractivity contribution in [2.45, 2.75) is 208 Å². The van der Waals surface area contributed by atoms with E-state index in [4.69, 9.17) is 0 Å². The van der Waals surface area contributed by atoms with Crippen molar-refractivity contribution in [3.8, 4) is 0 Å². The molecule has 5 atom stereocenters. The summed E-state index contributed by atoms with van der Waals surface area (Å²) in [5.41, 5.74) is 6.57. The van der Waals surface area contributed by atoms with E-state index in [2.05, 4.69) is 129 Å². The minimum absolute atomic E-state index is 0.509. The van der Waals surface area contributed by atoms with Gasteiger partial charge in [0.05, 0.1) is 0 Å². The predicted molar refractivity (Wildman–Crippen MR) is 236 cm³/mol. The maximum atomic E-state index is 4.14. The molecule has 0 saturated heterocycles. The highest BCUT2D eigenvalue weighted by atomic mass is 14.4. The molecule has 3 saturated carbocycles. The Morgan fingerprint density at radius 2 is 1.24 bits per heavy atom. The molecule has 3 fully saturated rings. The zero-order valence-corrected chi connectivity index (χ0v) is 38.0. The Labute approximate surface area is 319 Å². The lowest BCUT2D eigenvalue weighted by Crippen LogP contribution is -2.28. The van der Waals surface area contributed by atoms with Crippen LogP contribution in [0.4, 0.5) is 0 Å². The first-order valence-electron chi connectivity index (χ1n) is 21.2. The maximum Gasteiger partial charge on any atom is -0.0165 e. The van der Waals surface area contributed by atoms with E-state index in [0.717, 1.165) is 23.7 Å². The van der Waals surface area contributed by atoms with Crippen molar-refractivity contribution in [2.75, 3.05) is 0 Å². The van der Waals surface area contributed by atoms with Crippen LogP contribution in [0.5, 0.6) is 0 Å². The lowest BCUT2D eigenvalue weighted by atomic mass is 9.66. The molecule has 0 spiro atoms. The topological polar surface area (TPSA) is 0 Å².